The Morgan fingerprint density at radius 3 is 2.30 bits per heavy atom. The van der Waals surface area contributed by atoms with Gasteiger partial charge in [-0.05, 0) is 32.1 Å². The second kappa shape index (κ2) is 5.66. The summed E-state index contributed by atoms with van der Waals surface area (Å²) >= 11 is 0. The van der Waals surface area contributed by atoms with Crippen LogP contribution in [0.4, 0.5) is 5.69 Å². The Morgan fingerprint density at radius 2 is 1.70 bits per heavy atom. The maximum absolute atomic E-state index is 12.6. The van der Waals surface area contributed by atoms with Crippen LogP contribution >= 0.6 is 0 Å². The van der Waals surface area contributed by atoms with Crippen molar-refractivity contribution in [1.82, 2.24) is 9.36 Å². The summed E-state index contributed by atoms with van der Waals surface area (Å²) in [5.74, 6) is 0.511. The fourth-order valence-corrected chi connectivity index (χ4v) is 4.18. The van der Waals surface area contributed by atoms with Gasteiger partial charge in [-0.25, -0.2) is 4.68 Å². The Balaban J connectivity index is 2.08. The van der Waals surface area contributed by atoms with E-state index in [9.17, 15) is 4.79 Å². The van der Waals surface area contributed by atoms with E-state index >= 15 is 0 Å². The fraction of sp³-hybridized carbons (Fsp3) is 0.812. The average molecular weight is 277 g/mol. The highest BCUT2D eigenvalue weighted by atomic mass is 16.1. The second-order valence-corrected chi connectivity index (χ2v) is 6.49. The van der Waals surface area contributed by atoms with Gasteiger partial charge in [0.05, 0.1) is 11.7 Å². The Labute approximate surface area is 120 Å². The minimum atomic E-state index is 0.0762. The van der Waals surface area contributed by atoms with Crippen LogP contribution in [-0.2, 0) is 6.54 Å². The van der Waals surface area contributed by atoms with E-state index in [0.29, 0.717) is 17.6 Å². The number of anilines is 1. The number of hydrogen-bond donors (Lipinski definition) is 1. The summed E-state index contributed by atoms with van der Waals surface area (Å²) in [6.45, 7) is 3.10. The standard InChI is InChI=1S/C16H27N3O/c1-2-11-18-15(12-7-3-4-8-12)14(17)16(20)19(18)13-9-5-6-10-13/h12-13H,2-11,17H2,1H3. The highest BCUT2D eigenvalue weighted by Gasteiger charge is 2.30. The highest BCUT2D eigenvalue weighted by Crippen LogP contribution is 2.38. The van der Waals surface area contributed by atoms with Crippen LogP contribution in [0.3, 0.4) is 0 Å². The molecule has 1 heterocycles. The van der Waals surface area contributed by atoms with Gasteiger partial charge in [-0.3, -0.25) is 9.48 Å². The van der Waals surface area contributed by atoms with Gasteiger partial charge in [0.25, 0.3) is 5.56 Å². The number of aromatic nitrogens is 2. The van der Waals surface area contributed by atoms with Gasteiger partial charge in [-0.1, -0.05) is 32.6 Å². The van der Waals surface area contributed by atoms with Crippen LogP contribution in [0, 0.1) is 0 Å². The van der Waals surface area contributed by atoms with Crippen molar-refractivity contribution in [3.8, 4) is 0 Å². The van der Waals surface area contributed by atoms with Gasteiger partial charge in [-0.15, -0.1) is 0 Å². The first kappa shape index (κ1) is 13.8. The molecule has 4 nitrogen and oxygen atoms in total. The third-order valence-electron chi connectivity index (χ3n) is 5.10. The Morgan fingerprint density at radius 1 is 1.10 bits per heavy atom. The number of nitrogens with zero attached hydrogens (tertiary/aromatic N) is 2. The van der Waals surface area contributed by atoms with Crippen LogP contribution in [0.25, 0.3) is 0 Å². The Hall–Kier alpha value is -1.19. The molecular formula is C16H27N3O. The van der Waals surface area contributed by atoms with E-state index in [1.165, 1.54) is 38.5 Å². The largest absolute Gasteiger partial charge is 0.393 e. The predicted octanol–water partition coefficient (Wildman–Crippen LogP) is 3.41. The maximum atomic E-state index is 12.6. The molecule has 1 aromatic heterocycles. The lowest BCUT2D eigenvalue weighted by molar-refractivity contribution is 0.349. The fourth-order valence-electron chi connectivity index (χ4n) is 4.18. The molecule has 0 aromatic carbocycles. The molecule has 2 N–H and O–H groups in total. The van der Waals surface area contributed by atoms with Crippen molar-refractivity contribution in [2.45, 2.75) is 83.2 Å². The van der Waals surface area contributed by atoms with Crippen molar-refractivity contribution in [2.24, 2.45) is 0 Å². The summed E-state index contributed by atoms with van der Waals surface area (Å²) in [7, 11) is 0. The molecule has 0 spiro atoms. The van der Waals surface area contributed by atoms with E-state index in [2.05, 4.69) is 11.6 Å². The summed E-state index contributed by atoms with van der Waals surface area (Å²) in [5, 5.41) is 0. The van der Waals surface area contributed by atoms with Crippen molar-refractivity contribution < 1.29 is 0 Å². The van der Waals surface area contributed by atoms with E-state index in [4.69, 9.17) is 5.73 Å². The van der Waals surface area contributed by atoms with Crippen molar-refractivity contribution in [1.29, 1.82) is 0 Å². The predicted molar refractivity (Wildman–Crippen MR) is 82.1 cm³/mol. The van der Waals surface area contributed by atoms with Gasteiger partial charge in [0.15, 0.2) is 0 Å². The minimum absolute atomic E-state index is 0.0762. The molecule has 4 heteroatoms. The molecule has 2 aliphatic carbocycles. The molecule has 3 rings (SSSR count). The number of nitrogen functional groups attached to an aromatic ring is 1. The number of nitrogens with two attached hydrogens (primary N) is 1. The van der Waals surface area contributed by atoms with Crippen LogP contribution < -0.4 is 11.3 Å². The van der Waals surface area contributed by atoms with E-state index in [-0.39, 0.29) is 5.56 Å². The summed E-state index contributed by atoms with van der Waals surface area (Å²) < 4.78 is 4.27. The molecule has 2 aliphatic rings. The van der Waals surface area contributed by atoms with Crippen molar-refractivity contribution in [2.75, 3.05) is 5.73 Å². The van der Waals surface area contributed by atoms with Crippen molar-refractivity contribution >= 4 is 5.69 Å². The zero-order valence-electron chi connectivity index (χ0n) is 12.6. The lowest BCUT2D eigenvalue weighted by Crippen LogP contribution is -2.27. The molecular weight excluding hydrogens is 250 g/mol. The summed E-state index contributed by atoms with van der Waals surface area (Å²) in [4.78, 5) is 12.6. The topological polar surface area (TPSA) is 52.9 Å². The molecule has 0 unspecified atom stereocenters. The molecule has 0 bridgehead atoms. The number of hydrogen-bond acceptors (Lipinski definition) is 2. The lowest BCUT2D eigenvalue weighted by Gasteiger charge is -2.21. The van der Waals surface area contributed by atoms with Crippen LogP contribution in [0.1, 0.15) is 82.4 Å². The smallest absolute Gasteiger partial charge is 0.290 e. The first-order valence-corrected chi connectivity index (χ1v) is 8.34. The lowest BCUT2D eigenvalue weighted by atomic mass is 10.0. The molecule has 0 radical (unpaired) electrons. The van der Waals surface area contributed by atoms with Gasteiger partial charge in [0, 0.05) is 12.5 Å². The van der Waals surface area contributed by atoms with Gasteiger partial charge >= 0.3 is 0 Å². The third kappa shape index (κ3) is 2.19. The summed E-state index contributed by atoms with van der Waals surface area (Å²) in [6, 6.07) is 0.381. The highest BCUT2D eigenvalue weighted by molar-refractivity contribution is 5.44. The molecule has 112 valence electrons. The monoisotopic (exact) mass is 277 g/mol. The van der Waals surface area contributed by atoms with Crippen molar-refractivity contribution in [3.63, 3.8) is 0 Å². The van der Waals surface area contributed by atoms with E-state index < -0.39 is 0 Å². The maximum Gasteiger partial charge on any atom is 0.290 e. The zero-order valence-corrected chi connectivity index (χ0v) is 12.6. The Kier molecular flexibility index (Phi) is 3.90. The molecule has 0 amide bonds. The summed E-state index contributed by atoms with van der Waals surface area (Å²) in [6.07, 6.45) is 10.8. The number of rotatable bonds is 4. The van der Waals surface area contributed by atoms with Crippen LogP contribution in [-0.4, -0.2) is 9.36 Å². The van der Waals surface area contributed by atoms with Crippen LogP contribution in [0.5, 0.6) is 0 Å². The Bertz CT molecular complexity index is 517. The second-order valence-electron chi connectivity index (χ2n) is 6.49. The quantitative estimate of drug-likeness (QED) is 0.917. The molecule has 2 saturated carbocycles. The normalized spacial score (nSPS) is 21.1. The average Bonchev–Trinajstić information content (AvgIpc) is 3.14. The molecule has 2 fully saturated rings. The first-order chi connectivity index (χ1) is 9.74. The van der Waals surface area contributed by atoms with Crippen LogP contribution in [0.2, 0.25) is 0 Å². The van der Waals surface area contributed by atoms with Crippen molar-refractivity contribution in [3.05, 3.63) is 16.0 Å². The molecule has 0 aliphatic heterocycles. The first-order valence-electron chi connectivity index (χ1n) is 8.34. The van der Waals surface area contributed by atoms with E-state index in [0.717, 1.165) is 31.5 Å². The van der Waals surface area contributed by atoms with E-state index in [1.807, 2.05) is 4.68 Å². The molecule has 1 aromatic rings. The molecule has 0 saturated heterocycles. The zero-order chi connectivity index (χ0) is 14.1. The molecule has 20 heavy (non-hydrogen) atoms. The van der Waals surface area contributed by atoms with Crippen LogP contribution in [0.15, 0.2) is 4.79 Å². The molecule has 0 atom stereocenters. The third-order valence-corrected chi connectivity index (χ3v) is 5.10. The van der Waals surface area contributed by atoms with E-state index in [1.54, 1.807) is 0 Å². The van der Waals surface area contributed by atoms with Gasteiger partial charge in [0.1, 0.15) is 5.69 Å². The van der Waals surface area contributed by atoms with Gasteiger partial charge in [-0.2, -0.15) is 0 Å². The minimum Gasteiger partial charge on any atom is -0.393 e. The summed E-state index contributed by atoms with van der Waals surface area (Å²) in [5.41, 5.74) is 8.00. The van der Waals surface area contributed by atoms with Gasteiger partial charge in [0.2, 0.25) is 0 Å². The SMILES string of the molecule is CCCn1c(C2CCCC2)c(N)c(=O)n1C1CCCC1. The van der Waals surface area contributed by atoms with Gasteiger partial charge < -0.3 is 5.73 Å².